The normalized spacial score (nSPS) is 18.4. The zero-order valence-corrected chi connectivity index (χ0v) is 17.7. The van der Waals surface area contributed by atoms with Crippen LogP contribution in [0.4, 0.5) is 10.5 Å². The van der Waals surface area contributed by atoms with Gasteiger partial charge in [0.15, 0.2) is 0 Å². The Bertz CT molecular complexity index is 1060. The minimum absolute atomic E-state index is 0.0414. The molecule has 2 fully saturated rings. The van der Waals surface area contributed by atoms with E-state index in [0.29, 0.717) is 5.92 Å². The first kappa shape index (κ1) is 21.3. The third kappa shape index (κ3) is 4.70. The lowest BCUT2D eigenvalue weighted by Crippen LogP contribution is -2.53. The van der Waals surface area contributed by atoms with Crippen LogP contribution in [0.5, 0.6) is 0 Å². The molecule has 9 nitrogen and oxygen atoms in total. The molecule has 0 aromatic heterocycles. The maximum Gasteiger partial charge on any atom is 0.317 e. The van der Waals surface area contributed by atoms with Crippen molar-refractivity contribution >= 4 is 21.7 Å². The molecule has 1 saturated heterocycles. The van der Waals surface area contributed by atoms with Crippen molar-refractivity contribution in [2.75, 3.05) is 26.2 Å². The lowest BCUT2D eigenvalue weighted by Gasteiger charge is -2.35. The van der Waals surface area contributed by atoms with E-state index in [4.69, 9.17) is 0 Å². The summed E-state index contributed by atoms with van der Waals surface area (Å²) in [5.41, 5.74) is 0.802. The summed E-state index contributed by atoms with van der Waals surface area (Å²) in [5.74, 6) is 0.432. The Kier molecular flexibility index (Phi) is 5.92. The lowest BCUT2D eigenvalue weighted by atomic mass is 10.0. The fraction of sp³-hybridized carbons (Fsp3) is 0.381. The van der Waals surface area contributed by atoms with E-state index in [1.807, 2.05) is 30.3 Å². The molecule has 1 N–H and O–H groups in total. The van der Waals surface area contributed by atoms with Crippen molar-refractivity contribution in [3.05, 3.63) is 70.3 Å². The molecule has 164 valence electrons. The summed E-state index contributed by atoms with van der Waals surface area (Å²) in [6, 6.07) is 14.6. The molecule has 0 radical (unpaired) electrons. The smallest absolute Gasteiger partial charge is 0.317 e. The van der Waals surface area contributed by atoms with Crippen molar-refractivity contribution in [2.45, 2.75) is 23.8 Å². The first-order valence-electron chi connectivity index (χ1n) is 10.2. The molecule has 31 heavy (non-hydrogen) atoms. The number of hydrogen-bond donors (Lipinski definition) is 1. The van der Waals surface area contributed by atoms with Crippen LogP contribution < -0.4 is 5.32 Å². The van der Waals surface area contributed by atoms with Crippen LogP contribution >= 0.6 is 0 Å². The van der Waals surface area contributed by atoms with Gasteiger partial charge in [0, 0.05) is 38.3 Å². The zero-order chi connectivity index (χ0) is 22.0. The van der Waals surface area contributed by atoms with Gasteiger partial charge in [0.25, 0.3) is 5.69 Å². The Balaban J connectivity index is 1.39. The molecule has 1 saturated carbocycles. The standard InChI is InChI=1S/C21H24N4O5S/c26-21(22-20(17-9-10-17)16-5-2-1-3-6-16)23-11-13-24(14-12-23)31(29,30)19-8-4-7-18(15-19)25(27)28/h1-8,15,17,20H,9-14H2,(H,22,26)/t20-/m1/s1. The third-order valence-electron chi connectivity index (χ3n) is 5.72. The molecule has 4 rings (SSSR count). The maximum atomic E-state index is 12.9. The number of amides is 2. The van der Waals surface area contributed by atoms with Gasteiger partial charge in [0.1, 0.15) is 0 Å². The molecule has 1 aliphatic heterocycles. The Hall–Kier alpha value is -2.98. The highest BCUT2D eigenvalue weighted by atomic mass is 32.2. The van der Waals surface area contributed by atoms with E-state index in [9.17, 15) is 23.3 Å². The number of nitro benzene ring substituents is 1. The molecule has 1 heterocycles. The number of carbonyl (C=O) groups excluding carboxylic acids is 1. The molecule has 2 aromatic carbocycles. The predicted molar refractivity (Wildman–Crippen MR) is 114 cm³/mol. The van der Waals surface area contributed by atoms with Gasteiger partial charge in [0.05, 0.1) is 15.9 Å². The molecular formula is C21H24N4O5S. The van der Waals surface area contributed by atoms with Crippen molar-refractivity contribution in [3.8, 4) is 0 Å². The largest absolute Gasteiger partial charge is 0.331 e. The van der Waals surface area contributed by atoms with Crippen LogP contribution in [0.2, 0.25) is 0 Å². The summed E-state index contributed by atoms with van der Waals surface area (Å²) in [5, 5.41) is 14.1. The fourth-order valence-corrected chi connectivity index (χ4v) is 5.29. The van der Waals surface area contributed by atoms with Crippen LogP contribution in [-0.2, 0) is 10.0 Å². The molecule has 2 aromatic rings. The second-order valence-electron chi connectivity index (χ2n) is 7.82. The van der Waals surface area contributed by atoms with Gasteiger partial charge in [-0.1, -0.05) is 36.4 Å². The topological polar surface area (TPSA) is 113 Å². The van der Waals surface area contributed by atoms with E-state index in [2.05, 4.69) is 5.32 Å². The van der Waals surface area contributed by atoms with E-state index in [-0.39, 0.29) is 48.8 Å². The third-order valence-corrected chi connectivity index (χ3v) is 7.62. The van der Waals surface area contributed by atoms with E-state index >= 15 is 0 Å². The molecule has 0 spiro atoms. The predicted octanol–water partition coefficient (Wildman–Crippen LogP) is 2.76. The average Bonchev–Trinajstić information content (AvgIpc) is 3.63. The van der Waals surface area contributed by atoms with Crippen LogP contribution in [0.1, 0.15) is 24.4 Å². The minimum Gasteiger partial charge on any atom is -0.331 e. The first-order valence-corrected chi connectivity index (χ1v) is 11.7. The summed E-state index contributed by atoms with van der Waals surface area (Å²) in [6.45, 7) is 0.786. The number of carbonyl (C=O) groups is 1. The molecule has 0 bridgehead atoms. The molecule has 10 heteroatoms. The lowest BCUT2D eigenvalue weighted by molar-refractivity contribution is -0.385. The van der Waals surface area contributed by atoms with Crippen LogP contribution in [0, 0.1) is 16.0 Å². The number of sulfonamides is 1. The average molecular weight is 445 g/mol. The summed E-state index contributed by atoms with van der Waals surface area (Å²) in [4.78, 5) is 24.7. The number of benzene rings is 2. The number of hydrogen-bond acceptors (Lipinski definition) is 5. The highest BCUT2D eigenvalue weighted by molar-refractivity contribution is 7.89. The number of nitrogens with zero attached hydrogens (tertiary/aromatic N) is 3. The number of piperazine rings is 1. The number of urea groups is 1. The molecule has 0 unspecified atom stereocenters. The molecule has 2 amide bonds. The SMILES string of the molecule is O=C(N[C@H](c1ccccc1)C1CC1)N1CCN(S(=O)(=O)c2cccc([N+](=O)[O-])c2)CC1. The molecular weight excluding hydrogens is 420 g/mol. The van der Waals surface area contributed by atoms with Crippen LogP contribution in [0.15, 0.2) is 59.5 Å². The van der Waals surface area contributed by atoms with Crippen LogP contribution in [0.3, 0.4) is 0 Å². The summed E-state index contributed by atoms with van der Waals surface area (Å²) in [7, 11) is -3.87. The highest BCUT2D eigenvalue weighted by Crippen LogP contribution is 2.41. The Morgan fingerprint density at radius 2 is 1.71 bits per heavy atom. The van der Waals surface area contributed by atoms with Gasteiger partial charge < -0.3 is 10.2 Å². The monoisotopic (exact) mass is 444 g/mol. The number of non-ortho nitro benzene ring substituents is 1. The molecule has 2 aliphatic rings. The Morgan fingerprint density at radius 3 is 2.32 bits per heavy atom. The summed E-state index contributed by atoms with van der Waals surface area (Å²) in [6.07, 6.45) is 2.16. The Labute approximate surface area is 180 Å². The fourth-order valence-electron chi connectivity index (χ4n) is 3.83. The van der Waals surface area contributed by atoms with Gasteiger partial charge in [0.2, 0.25) is 10.0 Å². The van der Waals surface area contributed by atoms with E-state index in [0.717, 1.165) is 24.5 Å². The second kappa shape index (κ2) is 8.64. The van der Waals surface area contributed by atoms with Gasteiger partial charge >= 0.3 is 6.03 Å². The first-order chi connectivity index (χ1) is 14.9. The minimum atomic E-state index is -3.87. The maximum absolute atomic E-state index is 12.9. The second-order valence-corrected chi connectivity index (χ2v) is 9.76. The van der Waals surface area contributed by atoms with Gasteiger partial charge in [-0.15, -0.1) is 0 Å². The van der Waals surface area contributed by atoms with Crippen molar-refractivity contribution in [1.29, 1.82) is 0 Å². The van der Waals surface area contributed by atoms with Crippen molar-refractivity contribution < 1.29 is 18.1 Å². The van der Waals surface area contributed by atoms with Crippen LogP contribution in [0.25, 0.3) is 0 Å². The molecule has 1 atom stereocenters. The number of nitrogens with one attached hydrogen (secondary N) is 1. The van der Waals surface area contributed by atoms with Crippen molar-refractivity contribution in [3.63, 3.8) is 0 Å². The van der Waals surface area contributed by atoms with E-state index in [1.54, 1.807) is 4.90 Å². The van der Waals surface area contributed by atoms with Crippen molar-refractivity contribution in [1.82, 2.24) is 14.5 Å². The van der Waals surface area contributed by atoms with E-state index in [1.165, 1.54) is 22.5 Å². The number of rotatable bonds is 6. The Morgan fingerprint density at radius 1 is 1.03 bits per heavy atom. The highest BCUT2D eigenvalue weighted by Gasteiger charge is 2.36. The van der Waals surface area contributed by atoms with E-state index < -0.39 is 14.9 Å². The zero-order valence-electron chi connectivity index (χ0n) is 16.9. The number of nitro groups is 1. The summed E-state index contributed by atoms with van der Waals surface area (Å²) < 4.78 is 27.0. The van der Waals surface area contributed by atoms with Gasteiger partial charge in [-0.25, -0.2) is 13.2 Å². The summed E-state index contributed by atoms with van der Waals surface area (Å²) >= 11 is 0. The molecule has 1 aliphatic carbocycles. The quantitative estimate of drug-likeness (QED) is 0.544. The van der Waals surface area contributed by atoms with Gasteiger partial charge in [-0.2, -0.15) is 4.31 Å². The van der Waals surface area contributed by atoms with Gasteiger partial charge in [-0.3, -0.25) is 10.1 Å². The van der Waals surface area contributed by atoms with Gasteiger partial charge in [-0.05, 0) is 30.4 Å². The van der Waals surface area contributed by atoms with Crippen molar-refractivity contribution in [2.24, 2.45) is 5.92 Å². The van der Waals surface area contributed by atoms with Crippen LogP contribution in [-0.4, -0.2) is 54.8 Å².